The molecular weight excluding hydrogens is 161 g/mol. The minimum absolute atomic E-state index is 0. The molecule has 0 bridgehead atoms. The molecule has 0 aromatic heterocycles. The third-order valence-electron chi connectivity index (χ3n) is 1.03. The molecule has 0 fully saturated rings. The Kier molecular flexibility index (Phi) is 11.1. The second-order valence-corrected chi connectivity index (χ2v) is 1.56. The molecule has 41 valence electrons. The number of hydrogen-bond donors (Lipinski definition) is 0. The summed E-state index contributed by atoms with van der Waals surface area (Å²) in [5.74, 6) is 1.48. The first kappa shape index (κ1) is 11.0. The molecule has 0 amide bonds. The molecule has 0 nitrogen and oxygen atoms in total. The molecule has 0 spiro atoms. The van der Waals surface area contributed by atoms with Crippen LogP contribution in [0, 0.1) is 12.8 Å². The molecule has 0 aliphatic rings. The summed E-state index contributed by atoms with van der Waals surface area (Å²) in [5.41, 5.74) is 0. The quantitative estimate of drug-likeness (QED) is 0.561. The van der Waals surface area contributed by atoms with Gasteiger partial charge in [-0.15, -0.1) is 0 Å². The smallest absolute Gasteiger partial charge is 0 e. The van der Waals surface area contributed by atoms with E-state index in [9.17, 15) is 0 Å². The number of rotatable bonds is 2. The maximum absolute atomic E-state index is 3.72. The fourth-order valence-corrected chi connectivity index (χ4v) is 0.177. The molecule has 1 radical (unpaired) electrons. The predicted octanol–water partition coefficient (Wildman–Crippen LogP) is 2.21. The third-order valence-corrected chi connectivity index (χ3v) is 1.03. The minimum atomic E-state index is 0. The van der Waals surface area contributed by atoms with Crippen LogP contribution in [-0.4, -0.2) is 0 Å². The van der Waals surface area contributed by atoms with Crippen LogP contribution in [0.3, 0.4) is 0 Å². The predicted molar refractivity (Wildman–Crippen MR) is 29.2 cm³/mol. The largest absolute Gasteiger partial charge is 0.372 e. The van der Waals surface area contributed by atoms with Crippen molar-refractivity contribution < 1.29 is 32.7 Å². The van der Waals surface area contributed by atoms with E-state index in [1.165, 1.54) is 12.3 Å². The molecule has 1 heteroatoms. The van der Waals surface area contributed by atoms with Crippen molar-refractivity contribution in [3.63, 3.8) is 0 Å². The van der Waals surface area contributed by atoms with E-state index in [-0.39, 0.29) is 32.7 Å². The fraction of sp³-hybridized carbons (Fsp3) is 0.667. The van der Waals surface area contributed by atoms with Gasteiger partial charge < -0.3 is 19.3 Å². The SMILES string of the molecule is [CH2-]C[C-](C)CC.[Y]. The van der Waals surface area contributed by atoms with Crippen LogP contribution >= 0.6 is 0 Å². The van der Waals surface area contributed by atoms with Gasteiger partial charge in [0.1, 0.15) is 0 Å². The summed E-state index contributed by atoms with van der Waals surface area (Å²) in [6.07, 6.45) is 2.18. The van der Waals surface area contributed by atoms with Crippen LogP contribution < -0.4 is 0 Å². The zero-order valence-corrected chi connectivity index (χ0v) is 8.04. The van der Waals surface area contributed by atoms with Crippen molar-refractivity contribution in [2.75, 3.05) is 0 Å². The molecule has 0 N–H and O–H groups in total. The molecule has 0 saturated heterocycles. The maximum Gasteiger partial charge on any atom is 0 e. The molecule has 0 unspecified atom stereocenters. The summed E-state index contributed by atoms with van der Waals surface area (Å²) in [6.45, 7) is 8.00. The molecule has 0 aliphatic carbocycles. The summed E-state index contributed by atoms with van der Waals surface area (Å²) in [7, 11) is 0. The van der Waals surface area contributed by atoms with Gasteiger partial charge in [0.2, 0.25) is 0 Å². The Balaban J connectivity index is 0. The van der Waals surface area contributed by atoms with Gasteiger partial charge in [-0.05, 0) is 0 Å². The van der Waals surface area contributed by atoms with Crippen LogP contribution in [0.1, 0.15) is 26.7 Å². The Labute approximate surface area is 71.9 Å². The Morgan fingerprint density at radius 1 is 1.57 bits per heavy atom. The van der Waals surface area contributed by atoms with Crippen molar-refractivity contribution in [3.05, 3.63) is 12.8 Å². The van der Waals surface area contributed by atoms with E-state index in [2.05, 4.69) is 20.8 Å². The minimum Gasteiger partial charge on any atom is -0.372 e. The average molecular weight is 173 g/mol. The summed E-state index contributed by atoms with van der Waals surface area (Å²) < 4.78 is 0. The molecule has 0 aromatic carbocycles. The van der Waals surface area contributed by atoms with Gasteiger partial charge in [-0.25, -0.2) is 0 Å². The average Bonchev–Trinajstić information content (AvgIpc) is 1.65. The molecular formula is C6H12Y-2. The van der Waals surface area contributed by atoms with Gasteiger partial charge in [0, 0.05) is 32.7 Å². The van der Waals surface area contributed by atoms with E-state index in [1.54, 1.807) is 0 Å². The molecule has 0 aromatic rings. The second-order valence-electron chi connectivity index (χ2n) is 1.56. The van der Waals surface area contributed by atoms with Gasteiger partial charge >= 0.3 is 0 Å². The van der Waals surface area contributed by atoms with E-state index < -0.39 is 0 Å². The molecule has 0 aliphatic heterocycles. The van der Waals surface area contributed by atoms with Crippen molar-refractivity contribution in [2.45, 2.75) is 26.7 Å². The third kappa shape index (κ3) is 7.10. The van der Waals surface area contributed by atoms with E-state index in [0.29, 0.717) is 0 Å². The van der Waals surface area contributed by atoms with Gasteiger partial charge in [-0.2, -0.15) is 13.3 Å². The summed E-state index contributed by atoms with van der Waals surface area (Å²) in [4.78, 5) is 0. The van der Waals surface area contributed by atoms with Crippen molar-refractivity contribution >= 4 is 0 Å². The van der Waals surface area contributed by atoms with Crippen molar-refractivity contribution in [2.24, 2.45) is 0 Å². The molecule has 0 rings (SSSR count). The normalized spacial score (nSPS) is 8.57. The first-order valence-corrected chi connectivity index (χ1v) is 2.41. The van der Waals surface area contributed by atoms with E-state index in [1.807, 2.05) is 0 Å². The van der Waals surface area contributed by atoms with Gasteiger partial charge in [0.05, 0.1) is 0 Å². The van der Waals surface area contributed by atoms with Crippen LogP contribution in [-0.2, 0) is 32.7 Å². The van der Waals surface area contributed by atoms with Gasteiger partial charge in [-0.1, -0.05) is 6.92 Å². The summed E-state index contributed by atoms with van der Waals surface area (Å²) in [6, 6.07) is 0. The first-order valence-electron chi connectivity index (χ1n) is 2.41. The Bertz CT molecular complexity index is 23.4. The monoisotopic (exact) mass is 173 g/mol. The molecule has 0 heterocycles. The van der Waals surface area contributed by atoms with E-state index in [4.69, 9.17) is 0 Å². The summed E-state index contributed by atoms with van der Waals surface area (Å²) in [5, 5.41) is 0. The topological polar surface area (TPSA) is 0 Å². The Hall–Kier alpha value is 1.10. The van der Waals surface area contributed by atoms with Gasteiger partial charge in [-0.3, -0.25) is 0 Å². The summed E-state index contributed by atoms with van der Waals surface area (Å²) >= 11 is 0. The van der Waals surface area contributed by atoms with Gasteiger partial charge in [0.15, 0.2) is 0 Å². The fourth-order valence-electron chi connectivity index (χ4n) is 0.177. The first-order chi connectivity index (χ1) is 2.81. The maximum atomic E-state index is 3.72. The molecule has 7 heavy (non-hydrogen) atoms. The number of hydrogen-bond acceptors (Lipinski definition) is 0. The van der Waals surface area contributed by atoms with Crippen LogP contribution in [0.15, 0.2) is 0 Å². The Morgan fingerprint density at radius 2 is 2.00 bits per heavy atom. The van der Waals surface area contributed by atoms with E-state index >= 15 is 0 Å². The van der Waals surface area contributed by atoms with Crippen molar-refractivity contribution in [1.29, 1.82) is 0 Å². The molecule has 0 saturated carbocycles. The van der Waals surface area contributed by atoms with Crippen LogP contribution in [0.2, 0.25) is 0 Å². The van der Waals surface area contributed by atoms with Crippen LogP contribution in [0.5, 0.6) is 0 Å². The van der Waals surface area contributed by atoms with Crippen molar-refractivity contribution in [3.8, 4) is 0 Å². The van der Waals surface area contributed by atoms with E-state index in [0.717, 1.165) is 6.42 Å². The van der Waals surface area contributed by atoms with Gasteiger partial charge in [0.25, 0.3) is 0 Å². The second kappa shape index (κ2) is 7.10. The standard InChI is InChI=1S/C6H12.Y/c1-4-6(3)5-2;/h1,4-5H2,2-3H3;/q-2;. The van der Waals surface area contributed by atoms with Crippen molar-refractivity contribution in [1.82, 2.24) is 0 Å². The molecule has 0 atom stereocenters. The zero-order chi connectivity index (χ0) is 4.99. The van der Waals surface area contributed by atoms with Crippen LogP contribution in [0.4, 0.5) is 0 Å². The Morgan fingerprint density at radius 3 is 2.00 bits per heavy atom. The zero-order valence-electron chi connectivity index (χ0n) is 5.20. The van der Waals surface area contributed by atoms with Crippen LogP contribution in [0.25, 0.3) is 0 Å².